The van der Waals surface area contributed by atoms with Gasteiger partial charge < -0.3 is 20.3 Å². The first-order valence-electron chi connectivity index (χ1n) is 33.6. The minimum Gasteiger partial charge on any atom is -0.466 e. The molecule has 0 aliphatic heterocycles. The fourth-order valence-electron chi connectivity index (χ4n) is 10.6. The van der Waals surface area contributed by atoms with Crippen LogP contribution in [0, 0.1) is 0 Å². The second kappa shape index (κ2) is 63.9. The molecule has 0 saturated carbocycles. The van der Waals surface area contributed by atoms with Crippen molar-refractivity contribution < 1.29 is 24.5 Å². The second-order valence-corrected chi connectivity index (χ2v) is 23.2. The van der Waals surface area contributed by atoms with Gasteiger partial charge in [-0.2, -0.15) is 0 Å². The van der Waals surface area contributed by atoms with E-state index >= 15 is 0 Å². The summed E-state index contributed by atoms with van der Waals surface area (Å²) in [7, 11) is 0. The predicted octanol–water partition coefficient (Wildman–Crippen LogP) is 21.4. The number of nitrogens with one attached hydrogen (secondary N) is 1. The molecule has 2 unspecified atom stereocenters. The smallest absolute Gasteiger partial charge is 0.305 e. The molecule has 0 saturated heterocycles. The average Bonchev–Trinajstić information content (AvgIpc) is 3.40. The Morgan fingerprint density at radius 2 is 0.635 bits per heavy atom. The summed E-state index contributed by atoms with van der Waals surface area (Å²) in [4.78, 5) is 24.5. The third-order valence-corrected chi connectivity index (χ3v) is 15.7. The van der Waals surface area contributed by atoms with E-state index in [2.05, 4.69) is 31.3 Å². The Labute approximate surface area is 462 Å². The Morgan fingerprint density at radius 1 is 0.365 bits per heavy atom. The Balaban J connectivity index is 3.41. The molecule has 1 amide bonds. The summed E-state index contributed by atoms with van der Waals surface area (Å²) in [6.07, 6.45) is 79.5. The quantitative estimate of drug-likeness (QED) is 0.0320. The van der Waals surface area contributed by atoms with Crippen LogP contribution in [0.25, 0.3) is 0 Å². The van der Waals surface area contributed by atoms with Gasteiger partial charge in [0.05, 0.1) is 25.4 Å². The van der Waals surface area contributed by atoms with E-state index in [0.29, 0.717) is 19.4 Å². The SMILES string of the molecule is CCCCCCCCCCCCCCCCCC/C=C/C(O)C(CO)NC(=O)CCCCCCCCCCCC/C=C\CCCCCCCCCCCCCCOC(=O)CCCCCCCCCCCCCCC. The minimum absolute atomic E-state index is 0.0160. The maximum absolute atomic E-state index is 12.5. The predicted molar refractivity (Wildman–Crippen MR) is 324 cm³/mol. The number of esters is 1. The molecule has 0 heterocycles. The van der Waals surface area contributed by atoms with E-state index in [0.717, 1.165) is 38.5 Å². The average molecular weight is 1040 g/mol. The monoisotopic (exact) mass is 1040 g/mol. The molecule has 0 aromatic heterocycles. The Kier molecular flexibility index (Phi) is 62.4. The van der Waals surface area contributed by atoms with Gasteiger partial charge in [0.2, 0.25) is 5.91 Å². The Morgan fingerprint density at radius 3 is 0.959 bits per heavy atom. The Bertz CT molecular complexity index is 1150. The topological polar surface area (TPSA) is 95.9 Å². The highest BCUT2D eigenvalue weighted by Crippen LogP contribution is 2.18. The van der Waals surface area contributed by atoms with Gasteiger partial charge in [0, 0.05) is 12.8 Å². The van der Waals surface area contributed by atoms with E-state index in [-0.39, 0.29) is 18.5 Å². The van der Waals surface area contributed by atoms with Gasteiger partial charge >= 0.3 is 5.97 Å². The van der Waals surface area contributed by atoms with Crippen LogP contribution in [-0.4, -0.2) is 47.4 Å². The molecule has 6 heteroatoms. The van der Waals surface area contributed by atoms with E-state index in [1.54, 1.807) is 6.08 Å². The number of ether oxygens (including phenoxy) is 1. The van der Waals surface area contributed by atoms with Crippen molar-refractivity contribution in [2.24, 2.45) is 0 Å². The molecule has 0 bridgehead atoms. The van der Waals surface area contributed by atoms with Crippen molar-refractivity contribution in [3.63, 3.8) is 0 Å². The number of aliphatic hydroxyl groups is 2. The maximum Gasteiger partial charge on any atom is 0.305 e. The maximum atomic E-state index is 12.5. The summed E-state index contributed by atoms with van der Waals surface area (Å²) < 4.78 is 5.48. The van der Waals surface area contributed by atoms with Crippen LogP contribution in [0.1, 0.15) is 373 Å². The van der Waals surface area contributed by atoms with Crippen LogP contribution < -0.4 is 5.32 Å². The van der Waals surface area contributed by atoms with Crippen molar-refractivity contribution in [1.82, 2.24) is 5.32 Å². The van der Waals surface area contributed by atoms with E-state index in [4.69, 9.17) is 4.74 Å². The van der Waals surface area contributed by atoms with Gasteiger partial charge in [-0.1, -0.05) is 327 Å². The van der Waals surface area contributed by atoms with E-state index in [1.165, 1.54) is 308 Å². The first-order chi connectivity index (χ1) is 36.5. The van der Waals surface area contributed by atoms with Crippen LogP contribution in [0.15, 0.2) is 24.3 Å². The number of amides is 1. The molecule has 0 radical (unpaired) electrons. The lowest BCUT2D eigenvalue weighted by Crippen LogP contribution is -2.45. The van der Waals surface area contributed by atoms with E-state index in [1.807, 2.05) is 6.08 Å². The largest absolute Gasteiger partial charge is 0.466 e. The number of hydrogen-bond acceptors (Lipinski definition) is 5. The number of carbonyl (C=O) groups excluding carboxylic acids is 2. The molecular formula is C68H131NO5. The summed E-state index contributed by atoms with van der Waals surface area (Å²) in [6, 6.07) is -0.629. The molecule has 0 aromatic rings. The minimum atomic E-state index is -0.846. The summed E-state index contributed by atoms with van der Waals surface area (Å²) in [5.74, 6) is -0.0508. The third kappa shape index (κ3) is 59.6. The molecule has 0 fully saturated rings. The molecule has 74 heavy (non-hydrogen) atoms. The fraction of sp³-hybridized carbons (Fsp3) is 0.912. The van der Waals surface area contributed by atoms with Crippen molar-refractivity contribution in [3.8, 4) is 0 Å². The lowest BCUT2D eigenvalue weighted by atomic mass is 10.0. The zero-order chi connectivity index (χ0) is 53.6. The van der Waals surface area contributed by atoms with Gasteiger partial charge in [-0.15, -0.1) is 0 Å². The first-order valence-corrected chi connectivity index (χ1v) is 33.6. The molecule has 0 spiro atoms. The van der Waals surface area contributed by atoms with Gasteiger partial charge in [-0.25, -0.2) is 0 Å². The number of aliphatic hydroxyl groups excluding tert-OH is 2. The van der Waals surface area contributed by atoms with Gasteiger partial charge in [0.1, 0.15) is 0 Å². The van der Waals surface area contributed by atoms with E-state index < -0.39 is 12.1 Å². The van der Waals surface area contributed by atoms with E-state index in [9.17, 15) is 19.8 Å². The molecule has 0 rings (SSSR count). The lowest BCUT2D eigenvalue weighted by molar-refractivity contribution is -0.143. The third-order valence-electron chi connectivity index (χ3n) is 15.7. The van der Waals surface area contributed by atoms with Crippen LogP contribution in [0.4, 0.5) is 0 Å². The summed E-state index contributed by atoms with van der Waals surface area (Å²) in [6.45, 7) is 4.93. The number of rotatable bonds is 63. The molecular weight excluding hydrogens is 911 g/mol. The molecule has 3 N–H and O–H groups in total. The summed E-state index contributed by atoms with van der Waals surface area (Å²) >= 11 is 0. The van der Waals surface area contributed by atoms with Gasteiger partial charge in [-0.3, -0.25) is 9.59 Å². The van der Waals surface area contributed by atoms with Crippen LogP contribution in [0.5, 0.6) is 0 Å². The van der Waals surface area contributed by atoms with Crippen molar-refractivity contribution >= 4 is 11.9 Å². The van der Waals surface area contributed by atoms with Crippen molar-refractivity contribution in [1.29, 1.82) is 0 Å². The standard InChI is InChI=1S/C68H131NO5/c1-3-5-7-9-11-13-15-17-18-19-30-33-37-40-44-48-52-56-60-66(71)65(64-70)69-67(72)61-57-53-49-45-41-38-34-31-28-26-24-22-20-21-23-25-27-29-32-35-39-43-47-51-55-59-63-74-68(73)62-58-54-50-46-42-36-16-14-12-10-8-6-4-2/h20,22,56,60,65-66,70-71H,3-19,21,23-55,57-59,61-64H2,1-2H3,(H,69,72)/b22-20-,60-56+. The normalized spacial score (nSPS) is 12.6. The molecule has 2 atom stereocenters. The highest BCUT2D eigenvalue weighted by molar-refractivity contribution is 5.76. The molecule has 0 aliphatic carbocycles. The van der Waals surface area contributed by atoms with Crippen molar-refractivity contribution in [2.45, 2.75) is 386 Å². The number of carbonyl (C=O) groups is 2. The van der Waals surface area contributed by atoms with Crippen molar-refractivity contribution in [2.75, 3.05) is 13.2 Å². The van der Waals surface area contributed by atoms with Gasteiger partial charge in [-0.05, 0) is 57.8 Å². The number of hydrogen-bond donors (Lipinski definition) is 3. The van der Waals surface area contributed by atoms with Crippen LogP contribution in [0.3, 0.4) is 0 Å². The summed E-state index contributed by atoms with van der Waals surface area (Å²) in [5.41, 5.74) is 0. The molecule has 6 nitrogen and oxygen atoms in total. The zero-order valence-corrected chi connectivity index (χ0v) is 50.1. The number of unbranched alkanes of at least 4 members (excludes halogenated alkanes) is 50. The highest BCUT2D eigenvalue weighted by atomic mass is 16.5. The number of allylic oxidation sites excluding steroid dienone is 3. The van der Waals surface area contributed by atoms with Crippen LogP contribution in [0.2, 0.25) is 0 Å². The van der Waals surface area contributed by atoms with Crippen molar-refractivity contribution in [3.05, 3.63) is 24.3 Å². The van der Waals surface area contributed by atoms with Gasteiger partial charge in [0.25, 0.3) is 0 Å². The molecule has 0 aliphatic rings. The van der Waals surface area contributed by atoms with Crippen LogP contribution >= 0.6 is 0 Å². The summed E-state index contributed by atoms with van der Waals surface area (Å²) in [5, 5.41) is 23.2. The lowest BCUT2D eigenvalue weighted by Gasteiger charge is -2.20. The second-order valence-electron chi connectivity index (χ2n) is 23.2. The Hall–Kier alpha value is -1.66. The zero-order valence-electron chi connectivity index (χ0n) is 50.1. The van der Waals surface area contributed by atoms with Gasteiger partial charge in [0.15, 0.2) is 0 Å². The van der Waals surface area contributed by atoms with Crippen LogP contribution in [-0.2, 0) is 14.3 Å². The molecule has 0 aromatic carbocycles. The fourth-order valence-corrected chi connectivity index (χ4v) is 10.6. The molecule has 438 valence electrons. The first kappa shape index (κ1) is 72.3. The highest BCUT2D eigenvalue weighted by Gasteiger charge is 2.18.